The molecule has 1 atom stereocenters. The third-order valence-electron chi connectivity index (χ3n) is 3.89. The SMILES string of the molecule is CC(=O)c1ccccc1NC(=O)[C@H](C)Sc1nnc(Nc2cccc(C)c2)s1. The average molecular weight is 413 g/mol. The quantitative estimate of drug-likeness (QED) is 0.424. The number of nitrogens with one attached hydrogen (secondary N) is 2. The summed E-state index contributed by atoms with van der Waals surface area (Å²) in [5, 5.41) is 14.6. The highest BCUT2D eigenvalue weighted by atomic mass is 32.2. The van der Waals surface area contributed by atoms with E-state index in [0.717, 1.165) is 11.3 Å². The molecule has 2 aromatic carbocycles. The van der Waals surface area contributed by atoms with Crippen molar-refractivity contribution in [3.63, 3.8) is 0 Å². The van der Waals surface area contributed by atoms with Crippen molar-refractivity contribution in [3.05, 3.63) is 59.7 Å². The second-order valence-electron chi connectivity index (χ2n) is 6.22. The third kappa shape index (κ3) is 5.17. The molecule has 1 heterocycles. The van der Waals surface area contributed by atoms with Crippen LogP contribution in [0, 0.1) is 6.92 Å². The Hall–Kier alpha value is -2.71. The Morgan fingerprint density at radius 2 is 1.89 bits per heavy atom. The number of rotatable bonds is 7. The smallest absolute Gasteiger partial charge is 0.237 e. The minimum absolute atomic E-state index is 0.0906. The van der Waals surface area contributed by atoms with Crippen molar-refractivity contribution >= 4 is 51.3 Å². The fraction of sp³-hybridized carbons (Fsp3) is 0.200. The topological polar surface area (TPSA) is 84.0 Å². The van der Waals surface area contributed by atoms with E-state index in [0.29, 0.717) is 20.7 Å². The summed E-state index contributed by atoms with van der Waals surface area (Å²) in [6, 6.07) is 15.0. The lowest BCUT2D eigenvalue weighted by Gasteiger charge is -2.12. The highest BCUT2D eigenvalue weighted by molar-refractivity contribution is 8.02. The maximum atomic E-state index is 12.5. The molecule has 0 bridgehead atoms. The zero-order chi connectivity index (χ0) is 20.1. The van der Waals surface area contributed by atoms with E-state index in [1.54, 1.807) is 31.2 Å². The zero-order valence-corrected chi connectivity index (χ0v) is 17.4. The van der Waals surface area contributed by atoms with Crippen LogP contribution in [0.2, 0.25) is 0 Å². The first-order valence-corrected chi connectivity index (χ1v) is 10.4. The first-order valence-electron chi connectivity index (χ1n) is 8.67. The molecular weight excluding hydrogens is 392 g/mol. The van der Waals surface area contributed by atoms with E-state index in [1.165, 1.54) is 30.0 Å². The first kappa shape index (κ1) is 20.0. The van der Waals surface area contributed by atoms with Crippen LogP contribution >= 0.6 is 23.1 Å². The van der Waals surface area contributed by atoms with Crippen LogP contribution in [0.4, 0.5) is 16.5 Å². The second-order valence-corrected chi connectivity index (χ2v) is 8.78. The highest BCUT2D eigenvalue weighted by Crippen LogP contribution is 2.31. The summed E-state index contributed by atoms with van der Waals surface area (Å²) in [6.45, 7) is 5.30. The van der Waals surface area contributed by atoms with E-state index in [4.69, 9.17) is 0 Å². The average Bonchev–Trinajstić information content (AvgIpc) is 3.08. The molecular formula is C20H20N4O2S2. The number of anilines is 3. The van der Waals surface area contributed by atoms with Crippen LogP contribution in [0.3, 0.4) is 0 Å². The molecule has 28 heavy (non-hydrogen) atoms. The monoisotopic (exact) mass is 412 g/mol. The van der Waals surface area contributed by atoms with Crippen LogP contribution in [0.1, 0.15) is 29.8 Å². The summed E-state index contributed by atoms with van der Waals surface area (Å²) in [5.74, 6) is -0.283. The molecule has 0 spiro atoms. The number of benzene rings is 2. The molecule has 0 unspecified atom stereocenters. The molecule has 0 radical (unpaired) electrons. The van der Waals surface area contributed by atoms with Crippen molar-refractivity contribution in [2.45, 2.75) is 30.4 Å². The number of Topliss-reactive ketones (excluding diaryl/α,β-unsaturated/α-hetero) is 1. The highest BCUT2D eigenvalue weighted by Gasteiger charge is 2.19. The van der Waals surface area contributed by atoms with E-state index >= 15 is 0 Å². The van der Waals surface area contributed by atoms with E-state index in [9.17, 15) is 9.59 Å². The standard InChI is InChI=1S/C20H20N4O2S2/c1-12-7-6-8-15(11-12)21-19-23-24-20(28-19)27-14(3)18(26)22-17-10-5-4-9-16(17)13(2)25/h4-11,14H,1-3H3,(H,21,23)(H,22,26)/t14-/m0/s1. The van der Waals surface area contributed by atoms with Crippen molar-refractivity contribution in [3.8, 4) is 0 Å². The van der Waals surface area contributed by atoms with Crippen LogP contribution in [0.5, 0.6) is 0 Å². The van der Waals surface area contributed by atoms with Crippen LogP contribution in [-0.4, -0.2) is 27.1 Å². The van der Waals surface area contributed by atoms with Gasteiger partial charge in [-0.15, -0.1) is 10.2 Å². The summed E-state index contributed by atoms with van der Waals surface area (Å²) in [5.41, 5.74) is 3.11. The number of para-hydroxylation sites is 1. The number of nitrogens with zero attached hydrogens (tertiary/aromatic N) is 2. The van der Waals surface area contributed by atoms with Gasteiger partial charge in [-0.3, -0.25) is 9.59 Å². The lowest BCUT2D eigenvalue weighted by Crippen LogP contribution is -2.23. The number of ketones is 1. The van der Waals surface area contributed by atoms with E-state index in [1.807, 2.05) is 31.2 Å². The molecule has 0 aliphatic carbocycles. The van der Waals surface area contributed by atoms with Crippen molar-refractivity contribution < 1.29 is 9.59 Å². The van der Waals surface area contributed by atoms with Gasteiger partial charge in [0.05, 0.1) is 10.9 Å². The molecule has 1 aromatic heterocycles. The van der Waals surface area contributed by atoms with Gasteiger partial charge in [-0.1, -0.05) is 47.4 Å². The number of carbonyl (C=O) groups excluding carboxylic acids is 2. The number of carbonyl (C=O) groups is 2. The van der Waals surface area contributed by atoms with Gasteiger partial charge in [0.25, 0.3) is 0 Å². The van der Waals surface area contributed by atoms with Crippen molar-refractivity contribution in [1.29, 1.82) is 0 Å². The lowest BCUT2D eigenvalue weighted by atomic mass is 10.1. The van der Waals surface area contributed by atoms with Crippen LogP contribution < -0.4 is 10.6 Å². The lowest BCUT2D eigenvalue weighted by molar-refractivity contribution is -0.115. The van der Waals surface area contributed by atoms with E-state index in [-0.39, 0.29) is 16.9 Å². The fourth-order valence-electron chi connectivity index (χ4n) is 2.49. The summed E-state index contributed by atoms with van der Waals surface area (Å²) >= 11 is 2.72. The van der Waals surface area contributed by atoms with E-state index < -0.39 is 0 Å². The number of hydrogen-bond acceptors (Lipinski definition) is 7. The third-order valence-corrected chi connectivity index (χ3v) is 5.91. The largest absolute Gasteiger partial charge is 0.330 e. The van der Waals surface area contributed by atoms with Gasteiger partial charge in [-0.2, -0.15) is 0 Å². The molecule has 0 aliphatic heterocycles. The molecule has 8 heteroatoms. The molecule has 0 fully saturated rings. The van der Waals surface area contributed by atoms with Crippen molar-refractivity contribution in [1.82, 2.24) is 10.2 Å². The van der Waals surface area contributed by atoms with Gasteiger partial charge < -0.3 is 10.6 Å². The molecule has 3 rings (SSSR count). The zero-order valence-electron chi connectivity index (χ0n) is 15.7. The maximum Gasteiger partial charge on any atom is 0.237 e. The Morgan fingerprint density at radius 3 is 2.64 bits per heavy atom. The molecule has 0 saturated carbocycles. The van der Waals surface area contributed by atoms with Crippen LogP contribution in [-0.2, 0) is 4.79 Å². The Bertz CT molecular complexity index is 1000. The van der Waals surface area contributed by atoms with Crippen LogP contribution in [0.25, 0.3) is 0 Å². The summed E-state index contributed by atoms with van der Waals surface area (Å²) in [6.07, 6.45) is 0. The molecule has 0 saturated heterocycles. The Kier molecular flexibility index (Phi) is 6.43. The molecule has 1 amide bonds. The molecule has 144 valence electrons. The molecule has 6 nitrogen and oxygen atoms in total. The Morgan fingerprint density at radius 1 is 1.11 bits per heavy atom. The molecule has 3 aromatic rings. The fourth-order valence-corrected chi connectivity index (χ4v) is 4.41. The normalized spacial score (nSPS) is 11.7. The van der Waals surface area contributed by atoms with E-state index in [2.05, 4.69) is 20.8 Å². The van der Waals surface area contributed by atoms with Gasteiger partial charge >= 0.3 is 0 Å². The van der Waals surface area contributed by atoms with Gasteiger partial charge in [0, 0.05) is 11.3 Å². The number of aromatic nitrogens is 2. The van der Waals surface area contributed by atoms with Gasteiger partial charge in [0.2, 0.25) is 11.0 Å². The maximum absolute atomic E-state index is 12.5. The second kappa shape index (κ2) is 8.99. The van der Waals surface area contributed by atoms with Gasteiger partial charge in [-0.25, -0.2) is 0 Å². The Balaban J connectivity index is 1.62. The first-order chi connectivity index (χ1) is 13.4. The minimum atomic E-state index is -0.389. The van der Waals surface area contributed by atoms with Crippen molar-refractivity contribution in [2.75, 3.05) is 10.6 Å². The molecule has 0 aliphatic rings. The number of thioether (sulfide) groups is 1. The van der Waals surface area contributed by atoms with Crippen molar-refractivity contribution in [2.24, 2.45) is 0 Å². The van der Waals surface area contributed by atoms with Gasteiger partial charge in [-0.05, 0) is 50.6 Å². The summed E-state index contributed by atoms with van der Waals surface area (Å²) in [4.78, 5) is 24.2. The predicted molar refractivity (Wildman–Crippen MR) is 115 cm³/mol. The number of aryl methyl sites for hydroxylation is 1. The Labute approximate surface area is 171 Å². The summed E-state index contributed by atoms with van der Waals surface area (Å²) < 4.78 is 0.692. The number of amides is 1. The van der Waals surface area contributed by atoms with Gasteiger partial charge in [0.15, 0.2) is 10.1 Å². The summed E-state index contributed by atoms with van der Waals surface area (Å²) in [7, 11) is 0. The van der Waals surface area contributed by atoms with Gasteiger partial charge in [0.1, 0.15) is 0 Å². The van der Waals surface area contributed by atoms with Crippen LogP contribution in [0.15, 0.2) is 52.9 Å². The minimum Gasteiger partial charge on any atom is -0.330 e. The molecule has 2 N–H and O–H groups in total. The predicted octanol–water partition coefficient (Wildman–Crippen LogP) is 4.91. The number of hydrogen-bond donors (Lipinski definition) is 2.